The lowest BCUT2D eigenvalue weighted by atomic mass is 9.89. The maximum atomic E-state index is 14.4. The van der Waals surface area contributed by atoms with Crippen LogP contribution in [-0.4, -0.2) is 36.1 Å². The molecule has 0 atom stereocenters. The van der Waals surface area contributed by atoms with Gasteiger partial charge in [0.15, 0.2) is 5.82 Å². The minimum Gasteiger partial charge on any atom is -0.496 e. The average Bonchev–Trinajstić information content (AvgIpc) is 2.80. The molecule has 0 saturated carbocycles. The van der Waals surface area contributed by atoms with Gasteiger partial charge in [-0.3, -0.25) is 4.79 Å². The van der Waals surface area contributed by atoms with Crippen LogP contribution in [0.25, 0.3) is 11.4 Å². The Hall–Kier alpha value is -3.32. The number of rotatable bonds is 5. The fourth-order valence-electron chi connectivity index (χ4n) is 3.78. The molecule has 30 heavy (non-hydrogen) atoms. The number of ether oxygens (including phenoxy) is 1. The minimum absolute atomic E-state index is 0.101. The van der Waals surface area contributed by atoms with Crippen LogP contribution in [0.5, 0.6) is 5.75 Å². The Morgan fingerprint density at radius 3 is 2.73 bits per heavy atom. The topological polar surface area (TPSA) is 76.1 Å². The first-order chi connectivity index (χ1) is 14.7. The highest BCUT2D eigenvalue weighted by Gasteiger charge is 2.20. The number of piperidine rings is 1. The molecule has 7 heteroatoms. The second kappa shape index (κ2) is 9.00. The van der Waals surface area contributed by atoms with Gasteiger partial charge in [-0.05, 0) is 61.7 Å². The maximum absolute atomic E-state index is 14.4. The molecule has 2 N–H and O–H groups in total. The Labute approximate surface area is 174 Å². The van der Waals surface area contributed by atoms with Crippen molar-refractivity contribution in [3.05, 3.63) is 71.8 Å². The molecule has 1 saturated heterocycles. The van der Waals surface area contributed by atoms with Crippen LogP contribution in [0.2, 0.25) is 0 Å². The molecule has 0 bridgehead atoms. The van der Waals surface area contributed by atoms with E-state index in [1.54, 1.807) is 12.1 Å². The number of nitrogens with one attached hydrogen (secondary N) is 2. The van der Waals surface area contributed by atoms with E-state index in [2.05, 4.69) is 26.7 Å². The standard InChI is InChI=1S/C23H23FN4O2/c1-30-20-8-4-6-17(24)21(20)22-26-14-11-19(27-22)23(29)28-18-7-3-2-5-16(18)15-9-12-25-13-10-15/h2-8,11,14-15,25H,9-10,12-13H2,1H3,(H,28,29). The molecular formula is C23H23FN4O2. The van der Waals surface area contributed by atoms with Crippen LogP contribution in [0.15, 0.2) is 54.7 Å². The van der Waals surface area contributed by atoms with E-state index in [-0.39, 0.29) is 23.0 Å². The maximum Gasteiger partial charge on any atom is 0.274 e. The van der Waals surface area contributed by atoms with Gasteiger partial charge in [-0.1, -0.05) is 24.3 Å². The molecule has 0 aliphatic carbocycles. The SMILES string of the molecule is COc1cccc(F)c1-c1nccc(C(=O)Nc2ccccc2C2CCNCC2)n1. The molecule has 0 radical (unpaired) electrons. The van der Waals surface area contributed by atoms with Crippen molar-refractivity contribution in [1.29, 1.82) is 0 Å². The highest BCUT2D eigenvalue weighted by atomic mass is 19.1. The van der Waals surface area contributed by atoms with Gasteiger partial charge in [0.1, 0.15) is 17.3 Å². The number of aromatic nitrogens is 2. The van der Waals surface area contributed by atoms with Gasteiger partial charge in [0.25, 0.3) is 5.91 Å². The van der Waals surface area contributed by atoms with E-state index in [9.17, 15) is 9.18 Å². The summed E-state index contributed by atoms with van der Waals surface area (Å²) < 4.78 is 19.6. The lowest BCUT2D eigenvalue weighted by Crippen LogP contribution is -2.27. The number of hydrogen-bond donors (Lipinski definition) is 2. The zero-order valence-corrected chi connectivity index (χ0v) is 16.7. The van der Waals surface area contributed by atoms with E-state index >= 15 is 0 Å². The summed E-state index contributed by atoms with van der Waals surface area (Å²) in [5.74, 6) is -0.0714. The molecule has 1 aliphatic rings. The van der Waals surface area contributed by atoms with E-state index in [1.165, 1.54) is 25.4 Å². The summed E-state index contributed by atoms with van der Waals surface area (Å²) >= 11 is 0. The quantitative estimate of drug-likeness (QED) is 0.670. The van der Waals surface area contributed by atoms with Crippen LogP contribution in [0.4, 0.5) is 10.1 Å². The van der Waals surface area contributed by atoms with E-state index in [4.69, 9.17) is 4.74 Å². The van der Waals surface area contributed by atoms with Crippen LogP contribution < -0.4 is 15.4 Å². The normalized spacial score (nSPS) is 14.3. The number of anilines is 1. The molecule has 0 spiro atoms. The summed E-state index contributed by atoms with van der Waals surface area (Å²) in [6, 6.07) is 13.8. The van der Waals surface area contributed by atoms with E-state index in [1.807, 2.05) is 18.2 Å². The highest BCUT2D eigenvalue weighted by molar-refractivity contribution is 6.03. The number of halogens is 1. The molecule has 1 fully saturated rings. The molecule has 1 aromatic heterocycles. The van der Waals surface area contributed by atoms with E-state index in [0.717, 1.165) is 37.2 Å². The van der Waals surface area contributed by atoms with Gasteiger partial charge in [-0.2, -0.15) is 0 Å². The van der Waals surface area contributed by atoms with E-state index in [0.29, 0.717) is 11.7 Å². The molecule has 1 amide bonds. The first kappa shape index (κ1) is 20.0. The third kappa shape index (κ3) is 4.16. The van der Waals surface area contributed by atoms with Crippen molar-refractivity contribution in [2.75, 3.05) is 25.5 Å². The largest absolute Gasteiger partial charge is 0.496 e. The summed E-state index contributed by atoms with van der Waals surface area (Å²) in [6.07, 6.45) is 3.50. The zero-order valence-electron chi connectivity index (χ0n) is 16.7. The van der Waals surface area contributed by atoms with Crippen LogP contribution in [0, 0.1) is 5.82 Å². The summed E-state index contributed by atoms with van der Waals surface area (Å²) in [5.41, 5.74) is 2.19. The summed E-state index contributed by atoms with van der Waals surface area (Å²) in [4.78, 5) is 21.4. The second-order valence-corrected chi connectivity index (χ2v) is 7.15. The van der Waals surface area contributed by atoms with Crippen molar-refractivity contribution in [3.63, 3.8) is 0 Å². The second-order valence-electron chi connectivity index (χ2n) is 7.15. The van der Waals surface area contributed by atoms with E-state index < -0.39 is 5.82 Å². The third-order valence-corrected chi connectivity index (χ3v) is 5.30. The number of carbonyl (C=O) groups excluding carboxylic acids is 1. The van der Waals surface area contributed by atoms with Crippen LogP contribution in [0.1, 0.15) is 34.8 Å². The van der Waals surface area contributed by atoms with Gasteiger partial charge < -0.3 is 15.4 Å². The third-order valence-electron chi connectivity index (χ3n) is 5.30. The van der Waals surface area contributed by atoms with Gasteiger partial charge in [0, 0.05) is 11.9 Å². The number of para-hydroxylation sites is 1. The van der Waals surface area contributed by atoms with Gasteiger partial charge in [-0.25, -0.2) is 14.4 Å². The summed E-state index contributed by atoms with van der Waals surface area (Å²) in [7, 11) is 1.45. The van der Waals surface area contributed by atoms with Gasteiger partial charge in [-0.15, -0.1) is 0 Å². The number of carbonyl (C=O) groups is 1. The van der Waals surface area contributed by atoms with Crippen molar-refractivity contribution in [1.82, 2.24) is 15.3 Å². The zero-order chi connectivity index (χ0) is 20.9. The number of amides is 1. The van der Waals surface area contributed by atoms with Crippen molar-refractivity contribution in [2.24, 2.45) is 0 Å². The first-order valence-electron chi connectivity index (χ1n) is 9.94. The summed E-state index contributed by atoms with van der Waals surface area (Å²) in [6.45, 7) is 1.93. The molecule has 3 aromatic rings. The number of nitrogens with zero attached hydrogens (tertiary/aromatic N) is 2. The Morgan fingerprint density at radius 2 is 1.93 bits per heavy atom. The molecule has 2 aromatic carbocycles. The minimum atomic E-state index is -0.511. The molecule has 0 unspecified atom stereocenters. The predicted octanol–water partition coefficient (Wildman–Crippen LogP) is 4.01. The molecule has 1 aliphatic heterocycles. The van der Waals surface area contributed by atoms with Crippen molar-refractivity contribution < 1.29 is 13.9 Å². The van der Waals surface area contributed by atoms with Gasteiger partial charge in [0.05, 0.1) is 12.7 Å². The van der Waals surface area contributed by atoms with Gasteiger partial charge in [0.2, 0.25) is 0 Å². The van der Waals surface area contributed by atoms with Crippen LogP contribution in [-0.2, 0) is 0 Å². The molecular weight excluding hydrogens is 383 g/mol. The lowest BCUT2D eigenvalue weighted by molar-refractivity contribution is 0.102. The van der Waals surface area contributed by atoms with Crippen molar-refractivity contribution >= 4 is 11.6 Å². The Kier molecular flexibility index (Phi) is 5.99. The van der Waals surface area contributed by atoms with Crippen molar-refractivity contribution in [3.8, 4) is 17.1 Å². The molecule has 4 rings (SSSR count). The number of methoxy groups -OCH3 is 1. The highest BCUT2D eigenvalue weighted by Crippen LogP contribution is 2.32. The Morgan fingerprint density at radius 1 is 1.13 bits per heavy atom. The predicted molar refractivity (Wildman–Crippen MR) is 113 cm³/mol. The molecule has 154 valence electrons. The fraction of sp³-hybridized carbons (Fsp3) is 0.261. The first-order valence-corrected chi connectivity index (χ1v) is 9.94. The monoisotopic (exact) mass is 406 g/mol. The Balaban J connectivity index is 1.61. The lowest BCUT2D eigenvalue weighted by Gasteiger charge is -2.25. The Bertz CT molecular complexity index is 1050. The van der Waals surface area contributed by atoms with Gasteiger partial charge >= 0.3 is 0 Å². The van der Waals surface area contributed by atoms with Crippen molar-refractivity contribution in [2.45, 2.75) is 18.8 Å². The van der Waals surface area contributed by atoms with Crippen LogP contribution >= 0.6 is 0 Å². The smallest absolute Gasteiger partial charge is 0.274 e. The van der Waals surface area contributed by atoms with Crippen LogP contribution in [0.3, 0.4) is 0 Å². The number of benzene rings is 2. The fourth-order valence-corrected chi connectivity index (χ4v) is 3.78. The molecule has 2 heterocycles. The average molecular weight is 406 g/mol. The molecule has 6 nitrogen and oxygen atoms in total. The number of hydrogen-bond acceptors (Lipinski definition) is 5. The summed E-state index contributed by atoms with van der Waals surface area (Å²) in [5, 5.41) is 6.33.